The van der Waals surface area contributed by atoms with E-state index in [4.69, 9.17) is 0 Å². The number of aromatic hydroxyl groups is 1. The van der Waals surface area contributed by atoms with Crippen LogP contribution in [0.3, 0.4) is 0 Å². The molecule has 5 nitrogen and oxygen atoms in total. The SMILES string of the molecule is O=C(Nc1ccc(Br)nc1)c1ncccc1O. The van der Waals surface area contributed by atoms with Gasteiger partial charge < -0.3 is 10.4 Å². The van der Waals surface area contributed by atoms with Crippen LogP contribution in [0.4, 0.5) is 5.69 Å². The van der Waals surface area contributed by atoms with Gasteiger partial charge in [-0.1, -0.05) is 0 Å². The maximum atomic E-state index is 11.7. The Bertz CT molecular complexity index is 543. The molecule has 0 saturated carbocycles. The number of nitrogens with zero attached hydrogens (tertiary/aromatic N) is 2. The van der Waals surface area contributed by atoms with E-state index in [2.05, 4.69) is 31.2 Å². The Morgan fingerprint density at radius 2 is 2.12 bits per heavy atom. The fourth-order valence-corrected chi connectivity index (χ4v) is 1.45. The smallest absolute Gasteiger partial charge is 0.278 e. The molecule has 0 bridgehead atoms. The van der Waals surface area contributed by atoms with Crippen molar-refractivity contribution in [3.05, 3.63) is 47.0 Å². The van der Waals surface area contributed by atoms with Crippen LogP contribution in [0.2, 0.25) is 0 Å². The van der Waals surface area contributed by atoms with E-state index in [1.54, 1.807) is 18.2 Å². The molecule has 0 unspecified atom stereocenters. The zero-order chi connectivity index (χ0) is 12.3. The van der Waals surface area contributed by atoms with Gasteiger partial charge in [-0.3, -0.25) is 4.79 Å². The van der Waals surface area contributed by atoms with Crippen molar-refractivity contribution in [2.24, 2.45) is 0 Å². The summed E-state index contributed by atoms with van der Waals surface area (Å²) in [5, 5.41) is 12.0. The summed E-state index contributed by atoms with van der Waals surface area (Å²) in [6, 6.07) is 6.35. The van der Waals surface area contributed by atoms with Gasteiger partial charge in [0.25, 0.3) is 5.91 Å². The lowest BCUT2D eigenvalue weighted by Crippen LogP contribution is -2.13. The monoisotopic (exact) mass is 293 g/mol. The molecule has 86 valence electrons. The predicted molar refractivity (Wildman–Crippen MR) is 65.8 cm³/mol. The van der Waals surface area contributed by atoms with Gasteiger partial charge in [-0.2, -0.15) is 0 Å². The maximum absolute atomic E-state index is 11.7. The summed E-state index contributed by atoms with van der Waals surface area (Å²) in [6.45, 7) is 0. The third kappa shape index (κ3) is 2.79. The summed E-state index contributed by atoms with van der Waals surface area (Å²) >= 11 is 3.19. The molecule has 17 heavy (non-hydrogen) atoms. The number of anilines is 1. The van der Waals surface area contributed by atoms with Gasteiger partial charge in [0, 0.05) is 6.20 Å². The second-order valence-corrected chi connectivity index (χ2v) is 4.01. The number of nitrogens with one attached hydrogen (secondary N) is 1. The quantitative estimate of drug-likeness (QED) is 0.833. The molecule has 0 aliphatic carbocycles. The van der Waals surface area contributed by atoms with E-state index in [1.807, 2.05) is 0 Å². The van der Waals surface area contributed by atoms with Crippen LogP contribution in [0.5, 0.6) is 5.75 Å². The maximum Gasteiger partial charge on any atom is 0.278 e. The summed E-state index contributed by atoms with van der Waals surface area (Å²) in [5.74, 6) is -0.637. The zero-order valence-electron chi connectivity index (χ0n) is 8.59. The highest BCUT2D eigenvalue weighted by atomic mass is 79.9. The summed E-state index contributed by atoms with van der Waals surface area (Å²) in [4.78, 5) is 19.5. The van der Waals surface area contributed by atoms with Crippen molar-refractivity contribution in [2.75, 3.05) is 5.32 Å². The van der Waals surface area contributed by atoms with Gasteiger partial charge in [-0.15, -0.1) is 0 Å². The topological polar surface area (TPSA) is 75.1 Å². The first kappa shape index (κ1) is 11.5. The van der Waals surface area contributed by atoms with Gasteiger partial charge in [-0.25, -0.2) is 9.97 Å². The molecule has 0 spiro atoms. The van der Waals surface area contributed by atoms with E-state index in [0.29, 0.717) is 10.3 Å². The van der Waals surface area contributed by atoms with Crippen molar-refractivity contribution in [2.45, 2.75) is 0 Å². The highest BCUT2D eigenvalue weighted by Gasteiger charge is 2.12. The number of aromatic nitrogens is 2. The third-order valence-corrected chi connectivity index (χ3v) is 2.46. The zero-order valence-corrected chi connectivity index (χ0v) is 10.2. The van der Waals surface area contributed by atoms with E-state index in [9.17, 15) is 9.90 Å². The van der Waals surface area contributed by atoms with Gasteiger partial charge in [0.1, 0.15) is 10.4 Å². The molecular weight excluding hydrogens is 286 g/mol. The average molecular weight is 294 g/mol. The van der Waals surface area contributed by atoms with E-state index in [0.717, 1.165) is 0 Å². The van der Waals surface area contributed by atoms with E-state index >= 15 is 0 Å². The molecule has 2 heterocycles. The number of carbonyl (C=O) groups excluding carboxylic acids is 1. The van der Waals surface area contributed by atoms with Crippen molar-refractivity contribution >= 4 is 27.5 Å². The molecule has 0 aliphatic heterocycles. The Morgan fingerprint density at radius 1 is 1.29 bits per heavy atom. The molecule has 6 heteroatoms. The molecule has 0 aliphatic rings. The number of hydrogen-bond donors (Lipinski definition) is 2. The van der Waals surface area contributed by atoms with Crippen molar-refractivity contribution in [1.82, 2.24) is 9.97 Å². The third-order valence-electron chi connectivity index (χ3n) is 1.99. The Kier molecular flexibility index (Phi) is 3.34. The number of rotatable bonds is 2. The first-order valence-electron chi connectivity index (χ1n) is 4.74. The number of halogens is 1. The molecule has 0 aromatic carbocycles. The standard InChI is InChI=1S/C11H8BrN3O2/c12-9-4-3-7(6-14-9)15-11(17)10-8(16)2-1-5-13-10/h1-6,16H,(H,15,17). The molecule has 2 rings (SSSR count). The molecule has 0 fully saturated rings. The summed E-state index contributed by atoms with van der Waals surface area (Å²) in [7, 11) is 0. The van der Waals surface area contributed by atoms with Crippen LogP contribution in [0.25, 0.3) is 0 Å². The Labute approximate surface area is 106 Å². The van der Waals surface area contributed by atoms with E-state index in [1.165, 1.54) is 18.5 Å². The van der Waals surface area contributed by atoms with Gasteiger partial charge in [0.15, 0.2) is 5.69 Å². The summed E-state index contributed by atoms with van der Waals surface area (Å²) in [5.41, 5.74) is 0.513. The fourth-order valence-electron chi connectivity index (χ4n) is 1.21. The molecule has 2 N–H and O–H groups in total. The lowest BCUT2D eigenvalue weighted by atomic mass is 10.3. The second kappa shape index (κ2) is 4.92. The lowest BCUT2D eigenvalue weighted by Gasteiger charge is -2.05. The van der Waals surface area contributed by atoms with Crippen LogP contribution in [-0.2, 0) is 0 Å². The van der Waals surface area contributed by atoms with Crippen molar-refractivity contribution < 1.29 is 9.90 Å². The summed E-state index contributed by atoms with van der Waals surface area (Å²) in [6.07, 6.45) is 2.94. The lowest BCUT2D eigenvalue weighted by molar-refractivity contribution is 0.101. The number of hydrogen-bond acceptors (Lipinski definition) is 4. The van der Waals surface area contributed by atoms with Crippen LogP contribution in [0, 0.1) is 0 Å². The molecule has 2 aromatic rings. The number of amides is 1. The van der Waals surface area contributed by atoms with Crippen LogP contribution in [-0.4, -0.2) is 21.0 Å². The van der Waals surface area contributed by atoms with E-state index in [-0.39, 0.29) is 11.4 Å². The van der Waals surface area contributed by atoms with Crippen LogP contribution < -0.4 is 5.32 Å². The molecule has 0 atom stereocenters. The average Bonchev–Trinajstić information content (AvgIpc) is 2.32. The molecule has 1 amide bonds. The number of carbonyl (C=O) groups is 1. The number of pyridine rings is 2. The van der Waals surface area contributed by atoms with Crippen LogP contribution >= 0.6 is 15.9 Å². The Morgan fingerprint density at radius 3 is 2.76 bits per heavy atom. The Balaban J connectivity index is 2.17. The van der Waals surface area contributed by atoms with Crippen molar-refractivity contribution in [3.63, 3.8) is 0 Å². The van der Waals surface area contributed by atoms with Gasteiger partial charge >= 0.3 is 0 Å². The molecular formula is C11H8BrN3O2. The fraction of sp³-hybridized carbons (Fsp3) is 0. The van der Waals surface area contributed by atoms with Crippen molar-refractivity contribution in [3.8, 4) is 5.75 Å². The van der Waals surface area contributed by atoms with Crippen molar-refractivity contribution in [1.29, 1.82) is 0 Å². The van der Waals surface area contributed by atoms with Crippen LogP contribution in [0.15, 0.2) is 41.3 Å². The first-order valence-corrected chi connectivity index (χ1v) is 5.53. The molecule has 2 aromatic heterocycles. The normalized spacial score (nSPS) is 9.94. The molecule has 0 radical (unpaired) electrons. The molecule has 0 saturated heterocycles. The van der Waals surface area contributed by atoms with Crippen LogP contribution in [0.1, 0.15) is 10.5 Å². The predicted octanol–water partition coefficient (Wildman–Crippen LogP) is 2.20. The minimum atomic E-state index is -0.479. The largest absolute Gasteiger partial charge is 0.505 e. The first-order chi connectivity index (χ1) is 8.16. The highest BCUT2D eigenvalue weighted by molar-refractivity contribution is 9.10. The Hall–Kier alpha value is -1.95. The summed E-state index contributed by atoms with van der Waals surface area (Å²) < 4.78 is 0.677. The van der Waals surface area contributed by atoms with E-state index < -0.39 is 5.91 Å². The van der Waals surface area contributed by atoms with Gasteiger partial charge in [0.05, 0.1) is 11.9 Å². The minimum Gasteiger partial charge on any atom is -0.505 e. The van der Waals surface area contributed by atoms with Gasteiger partial charge in [-0.05, 0) is 40.2 Å². The minimum absolute atomic E-state index is 0.0181. The second-order valence-electron chi connectivity index (χ2n) is 3.19. The van der Waals surface area contributed by atoms with Gasteiger partial charge in [0.2, 0.25) is 0 Å². The highest BCUT2D eigenvalue weighted by Crippen LogP contribution is 2.15.